The van der Waals surface area contributed by atoms with E-state index in [1.807, 2.05) is 6.92 Å². The molecule has 0 atom stereocenters. The van der Waals surface area contributed by atoms with Crippen molar-refractivity contribution in [1.29, 1.82) is 0 Å². The summed E-state index contributed by atoms with van der Waals surface area (Å²) in [6.45, 7) is 5.09. The number of nitrogens with one attached hydrogen (secondary N) is 1. The van der Waals surface area contributed by atoms with E-state index in [4.69, 9.17) is 15.2 Å². The second-order valence-corrected chi connectivity index (χ2v) is 4.35. The average Bonchev–Trinajstić information content (AvgIpc) is 2.37. The van der Waals surface area contributed by atoms with Gasteiger partial charge in [-0.2, -0.15) is 9.97 Å². The average molecular weight is 252 g/mol. The Morgan fingerprint density at radius 1 is 1.44 bits per heavy atom. The van der Waals surface area contributed by atoms with Gasteiger partial charge in [-0.05, 0) is 25.7 Å². The molecule has 1 aromatic heterocycles. The van der Waals surface area contributed by atoms with Gasteiger partial charge in [-0.15, -0.1) is 0 Å². The summed E-state index contributed by atoms with van der Waals surface area (Å²) in [5, 5.41) is 3.10. The fraction of sp³-hybridized carbons (Fsp3) is 0.667. The third kappa shape index (κ3) is 3.73. The highest BCUT2D eigenvalue weighted by Gasteiger charge is 2.15. The summed E-state index contributed by atoms with van der Waals surface area (Å²) in [4.78, 5) is 8.15. The molecule has 1 aliphatic heterocycles. The molecular formula is C12H20N4O2. The topological polar surface area (TPSA) is 82.3 Å². The molecule has 0 aliphatic carbocycles. The van der Waals surface area contributed by atoms with Gasteiger partial charge >= 0.3 is 0 Å². The van der Waals surface area contributed by atoms with E-state index in [9.17, 15) is 0 Å². The minimum absolute atomic E-state index is 0.232. The van der Waals surface area contributed by atoms with Crippen molar-refractivity contribution in [2.45, 2.75) is 19.8 Å². The van der Waals surface area contributed by atoms with E-state index in [-0.39, 0.29) is 5.95 Å². The first kappa shape index (κ1) is 12.9. The first-order valence-corrected chi connectivity index (χ1v) is 6.37. The van der Waals surface area contributed by atoms with Crippen molar-refractivity contribution in [1.82, 2.24) is 9.97 Å². The zero-order valence-corrected chi connectivity index (χ0v) is 10.7. The molecule has 0 bridgehead atoms. The van der Waals surface area contributed by atoms with Crippen molar-refractivity contribution < 1.29 is 9.47 Å². The van der Waals surface area contributed by atoms with Gasteiger partial charge in [-0.25, -0.2) is 0 Å². The van der Waals surface area contributed by atoms with Crippen LogP contribution in [0.2, 0.25) is 0 Å². The molecule has 3 N–H and O–H groups in total. The molecule has 100 valence electrons. The van der Waals surface area contributed by atoms with Crippen LogP contribution in [-0.4, -0.2) is 36.3 Å². The predicted octanol–water partition coefficient (Wildman–Crippen LogP) is 1.30. The second-order valence-electron chi connectivity index (χ2n) is 4.35. The van der Waals surface area contributed by atoms with Crippen molar-refractivity contribution in [3.63, 3.8) is 0 Å². The lowest BCUT2D eigenvalue weighted by molar-refractivity contribution is 0.0490. The van der Waals surface area contributed by atoms with Crippen LogP contribution in [0.15, 0.2) is 6.07 Å². The molecule has 6 heteroatoms. The molecule has 6 nitrogen and oxygen atoms in total. The minimum atomic E-state index is 0.232. The predicted molar refractivity (Wildman–Crippen MR) is 69.6 cm³/mol. The Labute approximate surface area is 107 Å². The van der Waals surface area contributed by atoms with E-state index in [1.165, 1.54) is 0 Å². The van der Waals surface area contributed by atoms with Crippen LogP contribution in [0.25, 0.3) is 0 Å². The normalized spacial score (nSPS) is 16.5. The summed E-state index contributed by atoms with van der Waals surface area (Å²) in [6.07, 6.45) is 2.08. The summed E-state index contributed by atoms with van der Waals surface area (Å²) in [5.41, 5.74) is 5.64. The Morgan fingerprint density at radius 3 is 2.94 bits per heavy atom. The van der Waals surface area contributed by atoms with E-state index in [1.54, 1.807) is 6.07 Å². The fourth-order valence-electron chi connectivity index (χ4n) is 1.90. The van der Waals surface area contributed by atoms with Gasteiger partial charge in [0.15, 0.2) is 0 Å². The van der Waals surface area contributed by atoms with Gasteiger partial charge in [0.25, 0.3) is 0 Å². The molecule has 0 spiro atoms. The van der Waals surface area contributed by atoms with Gasteiger partial charge in [-0.1, -0.05) is 0 Å². The van der Waals surface area contributed by atoms with E-state index in [0.29, 0.717) is 24.2 Å². The standard InChI is InChI=1S/C12H20N4O2/c1-2-14-10-7-11(16-12(13)15-10)18-8-9-3-5-17-6-4-9/h7,9H,2-6,8H2,1H3,(H3,13,14,15,16). The number of hydrogen-bond acceptors (Lipinski definition) is 6. The van der Waals surface area contributed by atoms with Gasteiger partial charge in [-0.3, -0.25) is 0 Å². The summed E-state index contributed by atoms with van der Waals surface area (Å²) in [6, 6.07) is 1.78. The molecule has 1 aromatic rings. The molecule has 1 fully saturated rings. The monoisotopic (exact) mass is 252 g/mol. The number of hydrogen-bond donors (Lipinski definition) is 2. The highest BCUT2D eigenvalue weighted by atomic mass is 16.5. The van der Waals surface area contributed by atoms with E-state index >= 15 is 0 Å². The minimum Gasteiger partial charge on any atom is -0.477 e. The van der Waals surface area contributed by atoms with Crippen LogP contribution in [0.5, 0.6) is 5.88 Å². The SMILES string of the molecule is CCNc1cc(OCC2CCOCC2)nc(N)n1. The van der Waals surface area contributed by atoms with Gasteiger partial charge in [0, 0.05) is 25.8 Å². The van der Waals surface area contributed by atoms with E-state index in [0.717, 1.165) is 32.6 Å². The van der Waals surface area contributed by atoms with Crippen LogP contribution in [0.4, 0.5) is 11.8 Å². The maximum Gasteiger partial charge on any atom is 0.225 e. The van der Waals surface area contributed by atoms with Crippen LogP contribution in [0.3, 0.4) is 0 Å². The summed E-state index contributed by atoms with van der Waals surface area (Å²) < 4.78 is 11.0. The highest BCUT2D eigenvalue weighted by Crippen LogP contribution is 2.19. The van der Waals surface area contributed by atoms with Crippen molar-refractivity contribution in [2.24, 2.45) is 5.92 Å². The zero-order chi connectivity index (χ0) is 12.8. The number of nitrogens with two attached hydrogens (primary N) is 1. The third-order valence-electron chi connectivity index (χ3n) is 2.89. The number of ether oxygens (including phenoxy) is 2. The summed E-state index contributed by atoms with van der Waals surface area (Å²) in [5.74, 6) is 2.00. The van der Waals surface area contributed by atoms with Crippen LogP contribution >= 0.6 is 0 Å². The van der Waals surface area contributed by atoms with Gasteiger partial charge in [0.05, 0.1) is 6.61 Å². The Morgan fingerprint density at radius 2 is 2.22 bits per heavy atom. The lowest BCUT2D eigenvalue weighted by Gasteiger charge is -2.21. The van der Waals surface area contributed by atoms with E-state index < -0.39 is 0 Å². The van der Waals surface area contributed by atoms with Crippen molar-refractivity contribution in [2.75, 3.05) is 37.4 Å². The van der Waals surface area contributed by atoms with Gasteiger partial charge in [0.1, 0.15) is 5.82 Å². The first-order valence-electron chi connectivity index (χ1n) is 6.37. The fourth-order valence-corrected chi connectivity index (χ4v) is 1.90. The van der Waals surface area contributed by atoms with Gasteiger partial charge < -0.3 is 20.5 Å². The number of aromatic nitrogens is 2. The molecular weight excluding hydrogens is 232 g/mol. The molecule has 0 unspecified atom stereocenters. The third-order valence-corrected chi connectivity index (χ3v) is 2.89. The van der Waals surface area contributed by atoms with Crippen molar-refractivity contribution >= 4 is 11.8 Å². The molecule has 1 aliphatic rings. The lowest BCUT2D eigenvalue weighted by atomic mass is 10.0. The molecule has 2 rings (SSSR count). The molecule has 0 amide bonds. The summed E-state index contributed by atoms with van der Waals surface area (Å²) in [7, 11) is 0. The van der Waals surface area contributed by atoms with E-state index in [2.05, 4.69) is 15.3 Å². The molecule has 1 saturated heterocycles. The molecule has 0 radical (unpaired) electrons. The highest BCUT2D eigenvalue weighted by molar-refractivity contribution is 5.42. The molecule has 2 heterocycles. The number of rotatable bonds is 5. The molecule has 0 saturated carbocycles. The number of anilines is 2. The van der Waals surface area contributed by atoms with Crippen molar-refractivity contribution in [3.8, 4) is 5.88 Å². The van der Waals surface area contributed by atoms with Crippen LogP contribution in [-0.2, 0) is 4.74 Å². The van der Waals surface area contributed by atoms with Crippen molar-refractivity contribution in [3.05, 3.63) is 6.07 Å². The Hall–Kier alpha value is -1.56. The Bertz CT molecular complexity index is 380. The summed E-state index contributed by atoms with van der Waals surface area (Å²) >= 11 is 0. The number of nitrogen functional groups attached to an aromatic ring is 1. The van der Waals surface area contributed by atoms with Crippen LogP contribution in [0, 0.1) is 5.92 Å². The quantitative estimate of drug-likeness (QED) is 0.822. The Kier molecular flexibility index (Phi) is 4.58. The first-order chi connectivity index (χ1) is 8.78. The van der Waals surface area contributed by atoms with Crippen LogP contribution < -0.4 is 15.8 Å². The molecule has 18 heavy (non-hydrogen) atoms. The smallest absolute Gasteiger partial charge is 0.225 e. The number of nitrogens with zero attached hydrogens (tertiary/aromatic N) is 2. The maximum absolute atomic E-state index is 5.69. The largest absolute Gasteiger partial charge is 0.477 e. The lowest BCUT2D eigenvalue weighted by Crippen LogP contribution is -2.21. The maximum atomic E-state index is 5.69. The van der Waals surface area contributed by atoms with Crippen LogP contribution in [0.1, 0.15) is 19.8 Å². The zero-order valence-electron chi connectivity index (χ0n) is 10.7. The molecule has 0 aromatic carbocycles. The second kappa shape index (κ2) is 6.39. The Balaban J connectivity index is 1.91. The van der Waals surface area contributed by atoms with Gasteiger partial charge in [0.2, 0.25) is 11.8 Å².